The molecule has 6 heteroatoms. The fourth-order valence-corrected chi connectivity index (χ4v) is 10.3. The predicted octanol–water partition coefficient (Wildman–Crippen LogP) is 24.6. The summed E-state index contributed by atoms with van der Waals surface area (Å²) in [6, 6.07) is 0. The first-order valence-electron chi connectivity index (χ1n) is 35.6. The summed E-state index contributed by atoms with van der Waals surface area (Å²) in [5, 5.41) is 0. The summed E-state index contributed by atoms with van der Waals surface area (Å²) in [6.07, 6.45) is 93.1. The molecule has 0 aliphatic carbocycles. The predicted molar refractivity (Wildman–Crippen MR) is 358 cm³/mol. The molecule has 0 aliphatic rings. The van der Waals surface area contributed by atoms with Crippen molar-refractivity contribution in [3.05, 3.63) is 85.1 Å². The van der Waals surface area contributed by atoms with Crippen LogP contribution in [0.3, 0.4) is 0 Å². The van der Waals surface area contributed by atoms with E-state index in [0.717, 1.165) is 96.3 Å². The molecule has 0 spiro atoms. The number of hydrogen-bond donors (Lipinski definition) is 0. The van der Waals surface area contributed by atoms with Crippen molar-refractivity contribution in [3.8, 4) is 0 Å². The normalized spacial score (nSPS) is 12.6. The van der Waals surface area contributed by atoms with Crippen molar-refractivity contribution in [2.24, 2.45) is 0 Å². The number of allylic oxidation sites excluding steroid dienone is 14. The summed E-state index contributed by atoms with van der Waals surface area (Å²) in [5.74, 6) is -0.860. The van der Waals surface area contributed by atoms with Crippen molar-refractivity contribution in [1.29, 1.82) is 0 Å². The first-order chi connectivity index (χ1) is 40.5. The topological polar surface area (TPSA) is 78.9 Å². The van der Waals surface area contributed by atoms with Gasteiger partial charge >= 0.3 is 17.9 Å². The average Bonchev–Trinajstić information content (AvgIpc) is 3.47. The van der Waals surface area contributed by atoms with Gasteiger partial charge in [-0.05, 0) is 96.3 Å². The number of unbranched alkanes of at least 4 members (excludes halogenated alkanes) is 40. The van der Waals surface area contributed by atoms with E-state index in [2.05, 4.69) is 106 Å². The minimum absolute atomic E-state index is 0.0746. The van der Waals surface area contributed by atoms with Crippen molar-refractivity contribution < 1.29 is 28.6 Å². The Morgan fingerprint density at radius 3 is 0.768 bits per heavy atom. The number of carbonyl (C=O) groups is 3. The lowest BCUT2D eigenvalue weighted by atomic mass is 10.0. The first-order valence-corrected chi connectivity index (χ1v) is 35.6. The number of esters is 3. The maximum absolute atomic E-state index is 13.0. The molecule has 82 heavy (non-hydrogen) atoms. The molecule has 1 unspecified atom stereocenters. The lowest BCUT2D eigenvalue weighted by molar-refractivity contribution is -0.167. The van der Waals surface area contributed by atoms with Crippen LogP contribution < -0.4 is 0 Å². The van der Waals surface area contributed by atoms with E-state index in [1.807, 2.05) is 0 Å². The lowest BCUT2D eigenvalue weighted by Crippen LogP contribution is -2.30. The van der Waals surface area contributed by atoms with E-state index in [9.17, 15) is 14.4 Å². The molecule has 0 aliphatic heterocycles. The monoisotopic (exact) mass is 1140 g/mol. The molecule has 1 atom stereocenters. The van der Waals surface area contributed by atoms with Gasteiger partial charge in [0, 0.05) is 19.3 Å². The van der Waals surface area contributed by atoms with E-state index in [4.69, 9.17) is 14.2 Å². The fourth-order valence-electron chi connectivity index (χ4n) is 10.3. The van der Waals surface area contributed by atoms with Crippen LogP contribution in [0.5, 0.6) is 0 Å². The van der Waals surface area contributed by atoms with Crippen molar-refractivity contribution >= 4 is 17.9 Å². The second-order valence-electron chi connectivity index (χ2n) is 23.8. The van der Waals surface area contributed by atoms with Crippen LogP contribution in [0.4, 0.5) is 0 Å². The van der Waals surface area contributed by atoms with Crippen molar-refractivity contribution in [2.45, 2.75) is 367 Å². The highest BCUT2D eigenvalue weighted by molar-refractivity contribution is 5.71. The Morgan fingerprint density at radius 1 is 0.256 bits per heavy atom. The lowest BCUT2D eigenvalue weighted by Gasteiger charge is -2.18. The molecule has 0 radical (unpaired) electrons. The second-order valence-corrected chi connectivity index (χ2v) is 23.8. The van der Waals surface area contributed by atoms with Gasteiger partial charge in [0.2, 0.25) is 0 Å². The molecule has 0 fully saturated rings. The summed E-state index contributed by atoms with van der Waals surface area (Å²) < 4.78 is 17.0. The largest absolute Gasteiger partial charge is 0.462 e. The quantitative estimate of drug-likeness (QED) is 0.0261. The Kier molecular flexibility index (Phi) is 67.2. The summed E-state index contributed by atoms with van der Waals surface area (Å²) in [5.41, 5.74) is 0. The second kappa shape index (κ2) is 70.1. The van der Waals surface area contributed by atoms with Crippen LogP contribution in [0.25, 0.3) is 0 Å². The van der Waals surface area contributed by atoms with Gasteiger partial charge in [0.15, 0.2) is 6.10 Å². The van der Waals surface area contributed by atoms with Gasteiger partial charge in [0.1, 0.15) is 13.2 Å². The fraction of sp³-hybridized carbons (Fsp3) is 0.776. The molecular formula is C76H134O6. The molecule has 0 N–H and O–H groups in total. The van der Waals surface area contributed by atoms with Gasteiger partial charge in [-0.25, -0.2) is 0 Å². The van der Waals surface area contributed by atoms with Gasteiger partial charge in [-0.2, -0.15) is 0 Å². The first kappa shape index (κ1) is 78.6. The van der Waals surface area contributed by atoms with Gasteiger partial charge in [-0.3, -0.25) is 14.4 Å². The summed E-state index contributed by atoms with van der Waals surface area (Å²) in [6.45, 7) is 6.56. The molecule has 0 saturated heterocycles. The third-order valence-electron chi connectivity index (χ3n) is 15.6. The smallest absolute Gasteiger partial charge is 0.306 e. The van der Waals surface area contributed by atoms with Gasteiger partial charge in [0.05, 0.1) is 0 Å². The molecule has 0 bridgehead atoms. The molecule has 0 rings (SSSR count). The summed E-state index contributed by atoms with van der Waals surface area (Å²) in [4.78, 5) is 38.5. The highest BCUT2D eigenvalue weighted by Gasteiger charge is 2.19. The van der Waals surface area contributed by atoms with Crippen molar-refractivity contribution in [1.82, 2.24) is 0 Å². The van der Waals surface area contributed by atoms with E-state index >= 15 is 0 Å². The molecule has 0 amide bonds. The molecular weight excluding hydrogens is 1010 g/mol. The third-order valence-corrected chi connectivity index (χ3v) is 15.6. The summed E-state index contributed by atoms with van der Waals surface area (Å²) in [7, 11) is 0. The van der Waals surface area contributed by atoms with Crippen LogP contribution in [0, 0.1) is 0 Å². The summed E-state index contributed by atoms with van der Waals surface area (Å²) >= 11 is 0. The maximum Gasteiger partial charge on any atom is 0.306 e. The number of ether oxygens (including phenoxy) is 3. The molecule has 0 saturated carbocycles. The minimum atomic E-state index is -0.780. The Morgan fingerprint density at radius 2 is 0.476 bits per heavy atom. The number of carbonyl (C=O) groups excluding carboxylic acids is 3. The zero-order valence-corrected chi connectivity index (χ0v) is 54.5. The van der Waals surface area contributed by atoms with E-state index < -0.39 is 6.10 Å². The third kappa shape index (κ3) is 67.4. The number of hydrogen-bond acceptors (Lipinski definition) is 6. The van der Waals surface area contributed by atoms with Gasteiger partial charge < -0.3 is 14.2 Å². The van der Waals surface area contributed by atoms with Gasteiger partial charge in [0.25, 0.3) is 0 Å². The maximum atomic E-state index is 13.0. The zero-order chi connectivity index (χ0) is 59.2. The molecule has 0 aromatic carbocycles. The van der Waals surface area contributed by atoms with Crippen LogP contribution >= 0.6 is 0 Å². The van der Waals surface area contributed by atoms with Crippen molar-refractivity contribution in [3.63, 3.8) is 0 Å². The van der Waals surface area contributed by atoms with E-state index in [0.29, 0.717) is 19.3 Å². The SMILES string of the molecule is CC/C=C\C/C=C\C/C=C\C/C=C\C/C=C\CCCCCCCCCCCCCC(=O)OCC(COC(=O)CCCCCCCCCCCCCCCCCCCC)OC(=O)CCCCCCCCCCC/C=C\C/C=C\CCCCC. The Hall–Kier alpha value is -3.41. The molecule has 0 aromatic heterocycles. The molecule has 6 nitrogen and oxygen atoms in total. The molecule has 474 valence electrons. The zero-order valence-electron chi connectivity index (χ0n) is 54.5. The highest BCUT2D eigenvalue weighted by atomic mass is 16.6. The van der Waals surface area contributed by atoms with Crippen LogP contribution in [0.1, 0.15) is 361 Å². The van der Waals surface area contributed by atoms with Crippen LogP contribution in [0.15, 0.2) is 85.1 Å². The minimum Gasteiger partial charge on any atom is -0.462 e. The molecule has 0 heterocycles. The standard InChI is InChI=1S/C76H134O6/c1-4-7-10-13-16-19-22-25-28-31-34-35-36-37-38-39-40-41-43-45-48-51-54-57-60-63-66-69-75(78)81-72-73(71-80-74(77)68-65-62-59-56-53-50-47-44-33-30-27-24-21-18-15-12-9-6-3)82-76(79)70-67-64-61-58-55-52-49-46-42-32-29-26-23-20-17-14-11-8-5-2/h7,10,16-17,19-20,25-26,28-29,34-35,37-38,73H,4-6,8-9,11-15,18,21-24,27,30-33,36,39-72H2,1-3H3/b10-7-,19-16-,20-17-,28-25-,29-26-,35-34-,38-37-. The highest BCUT2D eigenvalue weighted by Crippen LogP contribution is 2.18. The van der Waals surface area contributed by atoms with E-state index in [1.54, 1.807) is 0 Å². The number of rotatable bonds is 65. The Balaban J connectivity index is 4.33. The van der Waals surface area contributed by atoms with Crippen LogP contribution in [-0.2, 0) is 28.6 Å². The average molecular weight is 1140 g/mol. The van der Waals surface area contributed by atoms with Gasteiger partial charge in [-0.15, -0.1) is 0 Å². The van der Waals surface area contributed by atoms with Crippen LogP contribution in [0.2, 0.25) is 0 Å². The Labute approximate surface area is 509 Å². The van der Waals surface area contributed by atoms with Gasteiger partial charge in [-0.1, -0.05) is 331 Å². The van der Waals surface area contributed by atoms with Crippen LogP contribution in [-0.4, -0.2) is 37.2 Å². The Bertz CT molecular complexity index is 1550. The van der Waals surface area contributed by atoms with E-state index in [-0.39, 0.29) is 31.1 Å². The molecule has 0 aromatic rings. The van der Waals surface area contributed by atoms with Crippen molar-refractivity contribution in [2.75, 3.05) is 13.2 Å². The van der Waals surface area contributed by atoms with E-state index in [1.165, 1.54) is 225 Å².